The SMILES string of the molecule is NC(=O)c1ccc2ccccc2n1.N[C@H]1CCCC[C@H]1Nc1ncc2scc(C(=O)O)c2n1. The molecule has 2 atom stereocenters. The number of anilines is 1. The number of amides is 1. The molecule has 0 aliphatic heterocycles. The van der Waals surface area contributed by atoms with Crippen molar-refractivity contribution in [1.29, 1.82) is 0 Å². The summed E-state index contributed by atoms with van der Waals surface area (Å²) in [7, 11) is 0. The van der Waals surface area contributed by atoms with Gasteiger partial charge in [0.1, 0.15) is 11.2 Å². The zero-order chi connectivity index (χ0) is 23.4. The predicted octanol–water partition coefficient (Wildman–Crippen LogP) is 3.41. The van der Waals surface area contributed by atoms with Crippen molar-refractivity contribution < 1.29 is 14.7 Å². The molecule has 5 rings (SSSR count). The fourth-order valence-corrected chi connectivity index (χ4v) is 4.60. The van der Waals surface area contributed by atoms with Gasteiger partial charge in [-0.05, 0) is 25.0 Å². The lowest BCUT2D eigenvalue weighted by atomic mass is 9.91. The lowest BCUT2D eigenvalue weighted by molar-refractivity contribution is 0.0699. The van der Waals surface area contributed by atoms with Crippen molar-refractivity contribution in [2.45, 2.75) is 37.8 Å². The van der Waals surface area contributed by atoms with E-state index in [2.05, 4.69) is 20.3 Å². The number of nitrogens with one attached hydrogen (secondary N) is 1. The van der Waals surface area contributed by atoms with Crippen molar-refractivity contribution >= 4 is 50.3 Å². The highest BCUT2D eigenvalue weighted by atomic mass is 32.1. The fraction of sp³-hybridized carbons (Fsp3) is 0.261. The Kier molecular flexibility index (Phi) is 6.76. The van der Waals surface area contributed by atoms with Crippen LogP contribution in [0.1, 0.15) is 46.5 Å². The lowest BCUT2D eigenvalue weighted by Crippen LogP contribution is -2.42. The van der Waals surface area contributed by atoms with Crippen molar-refractivity contribution in [3.05, 3.63) is 59.2 Å². The second-order valence-electron chi connectivity index (χ2n) is 7.81. The number of thiophene rings is 1. The molecule has 170 valence electrons. The zero-order valence-corrected chi connectivity index (χ0v) is 18.6. The summed E-state index contributed by atoms with van der Waals surface area (Å²) in [6, 6.07) is 11.3. The Bertz CT molecular complexity index is 1310. The number of aromatic carboxylic acids is 1. The molecule has 1 aliphatic carbocycles. The Hall–Kier alpha value is -3.63. The molecule has 1 saturated carbocycles. The van der Waals surface area contributed by atoms with E-state index in [-0.39, 0.29) is 17.6 Å². The van der Waals surface area contributed by atoms with Crippen molar-refractivity contribution in [3.8, 4) is 0 Å². The van der Waals surface area contributed by atoms with E-state index >= 15 is 0 Å². The highest BCUT2D eigenvalue weighted by molar-refractivity contribution is 7.17. The van der Waals surface area contributed by atoms with Gasteiger partial charge in [0, 0.05) is 22.8 Å². The molecule has 0 bridgehead atoms. The minimum Gasteiger partial charge on any atom is -0.478 e. The Labute approximate surface area is 193 Å². The van der Waals surface area contributed by atoms with E-state index in [0.717, 1.165) is 41.3 Å². The molecule has 1 fully saturated rings. The first-order chi connectivity index (χ1) is 15.9. The number of carbonyl (C=O) groups is 2. The van der Waals surface area contributed by atoms with Crippen molar-refractivity contribution in [3.63, 3.8) is 0 Å². The van der Waals surface area contributed by atoms with E-state index in [9.17, 15) is 9.59 Å². The summed E-state index contributed by atoms with van der Waals surface area (Å²) in [4.78, 5) is 34.6. The van der Waals surface area contributed by atoms with Gasteiger partial charge in [-0.1, -0.05) is 37.1 Å². The predicted molar refractivity (Wildman–Crippen MR) is 128 cm³/mol. The van der Waals surface area contributed by atoms with Gasteiger partial charge in [-0.2, -0.15) is 0 Å². The van der Waals surface area contributed by atoms with Crippen LogP contribution in [0.2, 0.25) is 0 Å². The molecule has 33 heavy (non-hydrogen) atoms. The van der Waals surface area contributed by atoms with E-state index in [0.29, 0.717) is 17.2 Å². The standard InChI is InChI=1S/C13H16N4O2S.C10H8N2O/c14-8-3-1-2-4-9(8)16-13-15-5-10-11(17-13)7(6-20-10)12(18)19;11-10(13)9-6-5-7-3-1-2-4-8(7)12-9/h5-6,8-9H,1-4,14H2,(H,18,19)(H,15,16,17);1-6H,(H2,11,13)/t8-,9+;/m0./s1. The van der Waals surface area contributed by atoms with E-state index in [1.165, 1.54) is 11.3 Å². The molecule has 10 heteroatoms. The molecule has 3 aromatic heterocycles. The van der Waals surface area contributed by atoms with Crippen LogP contribution < -0.4 is 16.8 Å². The summed E-state index contributed by atoms with van der Waals surface area (Å²) in [6.07, 6.45) is 5.96. The summed E-state index contributed by atoms with van der Waals surface area (Å²) in [5, 5.41) is 15.0. The monoisotopic (exact) mass is 464 g/mol. The van der Waals surface area contributed by atoms with Gasteiger partial charge in [-0.25, -0.2) is 19.7 Å². The molecule has 4 aromatic rings. The maximum atomic E-state index is 11.1. The van der Waals surface area contributed by atoms with Crippen LogP contribution in [0.5, 0.6) is 0 Å². The number of carboxylic acids is 1. The highest BCUT2D eigenvalue weighted by Crippen LogP contribution is 2.26. The summed E-state index contributed by atoms with van der Waals surface area (Å²) in [5.74, 6) is -0.998. The average molecular weight is 465 g/mol. The number of pyridine rings is 1. The molecule has 1 amide bonds. The molecule has 6 N–H and O–H groups in total. The number of benzene rings is 1. The first-order valence-corrected chi connectivity index (χ1v) is 11.5. The van der Waals surface area contributed by atoms with Gasteiger partial charge in [0.25, 0.3) is 5.91 Å². The van der Waals surface area contributed by atoms with E-state index in [1.807, 2.05) is 30.3 Å². The molecule has 0 spiro atoms. The first-order valence-electron chi connectivity index (χ1n) is 10.6. The maximum absolute atomic E-state index is 11.1. The number of hydrogen-bond acceptors (Lipinski definition) is 8. The fourth-order valence-electron chi connectivity index (χ4n) is 3.76. The number of carbonyl (C=O) groups excluding carboxylic acids is 1. The maximum Gasteiger partial charge on any atom is 0.338 e. The van der Waals surface area contributed by atoms with Crippen LogP contribution in [0.3, 0.4) is 0 Å². The molecule has 3 heterocycles. The van der Waals surface area contributed by atoms with Crippen LogP contribution in [0.4, 0.5) is 5.95 Å². The van der Waals surface area contributed by atoms with Crippen molar-refractivity contribution in [2.24, 2.45) is 11.5 Å². The topological polar surface area (TPSA) is 157 Å². The number of nitrogens with two attached hydrogens (primary N) is 2. The van der Waals surface area contributed by atoms with Crippen LogP contribution in [0.25, 0.3) is 21.1 Å². The van der Waals surface area contributed by atoms with Crippen LogP contribution in [0, 0.1) is 0 Å². The molecule has 1 aromatic carbocycles. The smallest absolute Gasteiger partial charge is 0.338 e. The quantitative estimate of drug-likeness (QED) is 0.358. The summed E-state index contributed by atoms with van der Waals surface area (Å²) < 4.78 is 0.779. The van der Waals surface area contributed by atoms with Crippen LogP contribution >= 0.6 is 11.3 Å². The molecule has 0 saturated heterocycles. The normalized spacial score (nSPS) is 17.8. The summed E-state index contributed by atoms with van der Waals surface area (Å²) >= 11 is 1.34. The van der Waals surface area contributed by atoms with Crippen LogP contribution in [0.15, 0.2) is 48.0 Å². The van der Waals surface area contributed by atoms with Crippen LogP contribution in [-0.2, 0) is 0 Å². The molecule has 0 unspecified atom stereocenters. The third-order valence-corrected chi connectivity index (χ3v) is 6.44. The summed E-state index contributed by atoms with van der Waals surface area (Å²) in [6.45, 7) is 0. The van der Waals surface area contributed by atoms with Crippen molar-refractivity contribution in [1.82, 2.24) is 15.0 Å². The third-order valence-electron chi connectivity index (χ3n) is 5.53. The molecule has 9 nitrogen and oxygen atoms in total. The number of aromatic nitrogens is 3. The second kappa shape index (κ2) is 9.88. The minimum atomic E-state index is -0.963. The largest absolute Gasteiger partial charge is 0.478 e. The zero-order valence-electron chi connectivity index (χ0n) is 17.8. The number of carboxylic acid groups (broad SMARTS) is 1. The van der Waals surface area contributed by atoms with Gasteiger partial charge < -0.3 is 21.9 Å². The number of primary amides is 1. The van der Waals surface area contributed by atoms with Gasteiger partial charge in [0.05, 0.1) is 22.0 Å². The van der Waals surface area contributed by atoms with Crippen molar-refractivity contribution in [2.75, 3.05) is 5.32 Å². The minimum absolute atomic E-state index is 0.101. The number of fused-ring (bicyclic) bond motifs is 2. The first kappa shape index (κ1) is 22.6. The number of hydrogen-bond donors (Lipinski definition) is 4. The Balaban J connectivity index is 0.000000172. The van der Waals surface area contributed by atoms with Gasteiger partial charge in [-0.3, -0.25) is 4.79 Å². The third kappa shape index (κ3) is 5.24. The number of para-hydroxylation sites is 1. The second-order valence-corrected chi connectivity index (χ2v) is 8.72. The number of nitrogens with zero attached hydrogens (tertiary/aromatic N) is 3. The molecular formula is C23H24N6O3S. The van der Waals surface area contributed by atoms with Crippen LogP contribution in [-0.4, -0.2) is 44.0 Å². The highest BCUT2D eigenvalue weighted by Gasteiger charge is 2.22. The van der Waals surface area contributed by atoms with Gasteiger partial charge in [0.2, 0.25) is 5.95 Å². The van der Waals surface area contributed by atoms with E-state index in [1.54, 1.807) is 17.6 Å². The lowest BCUT2D eigenvalue weighted by Gasteiger charge is -2.29. The Morgan fingerprint density at radius 3 is 2.64 bits per heavy atom. The van der Waals surface area contributed by atoms with Gasteiger partial charge in [0.15, 0.2) is 0 Å². The van der Waals surface area contributed by atoms with E-state index in [4.69, 9.17) is 16.6 Å². The number of rotatable bonds is 4. The molecule has 1 aliphatic rings. The Morgan fingerprint density at radius 2 is 1.88 bits per heavy atom. The Morgan fingerprint density at radius 1 is 1.09 bits per heavy atom. The van der Waals surface area contributed by atoms with Gasteiger partial charge >= 0.3 is 5.97 Å². The van der Waals surface area contributed by atoms with E-state index < -0.39 is 11.9 Å². The molecule has 0 radical (unpaired) electrons. The van der Waals surface area contributed by atoms with Gasteiger partial charge in [-0.15, -0.1) is 11.3 Å². The summed E-state index contributed by atoms with van der Waals surface area (Å²) in [5.41, 5.74) is 13.0. The average Bonchev–Trinajstić information content (AvgIpc) is 3.24. The molecular weight excluding hydrogens is 440 g/mol.